The lowest BCUT2D eigenvalue weighted by molar-refractivity contribution is 0.620. The molecule has 0 bridgehead atoms. The maximum atomic E-state index is 5.87. The van der Waals surface area contributed by atoms with Gasteiger partial charge in [0.15, 0.2) is 5.58 Å². The Kier molecular flexibility index (Phi) is 2.22. The number of para-hydroxylation sites is 3. The summed E-state index contributed by atoms with van der Waals surface area (Å²) < 4.78 is 5.87. The van der Waals surface area contributed by atoms with Gasteiger partial charge in [0, 0.05) is 27.4 Å². The molecular weight excluding hydrogens is 272 g/mol. The molecule has 0 spiro atoms. The van der Waals surface area contributed by atoms with Crippen LogP contribution in [0.5, 0.6) is 0 Å². The summed E-state index contributed by atoms with van der Waals surface area (Å²) in [7, 11) is 0. The van der Waals surface area contributed by atoms with E-state index in [1.807, 2.05) is 36.4 Å². The SMILES string of the molecule is c1ccc2oc(-c3ccc4[nH]c5ccccc5c4c3)nc2c1. The van der Waals surface area contributed by atoms with Crippen LogP contribution >= 0.6 is 0 Å². The molecule has 0 radical (unpaired) electrons. The van der Waals surface area contributed by atoms with Crippen molar-refractivity contribution in [2.75, 3.05) is 0 Å². The van der Waals surface area contributed by atoms with Crippen molar-refractivity contribution in [1.29, 1.82) is 0 Å². The number of H-pyrrole nitrogens is 1. The normalized spacial score (nSPS) is 11.6. The largest absolute Gasteiger partial charge is 0.436 e. The predicted octanol–water partition coefficient (Wildman–Crippen LogP) is 5.13. The summed E-state index contributed by atoms with van der Waals surface area (Å²) in [6.45, 7) is 0. The van der Waals surface area contributed by atoms with Gasteiger partial charge in [0.25, 0.3) is 0 Å². The summed E-state index contributed by atoms with van der Waals surface area (Å²) in [4.78, 5) is 8.01. The van der Waals surface area contributed by atoms with Gasteiger partial charge < -0.3 is 9.40 Å². The number of nitrogens with one attached hydrogen (secondary N) is 1. The second-order valence-electron chi connectivity index (χ2n) is 5.42. The number of fused-ring (bicyclic) bond motifs is 4. The second-order valence-corrected chi connectivity index (χ2v) is 5.42. The molecule has 2 aromatic heterocycles. The van der Waals surface area contributed by atoms with Gasteiger partial charge in [-0.25, -0.2) is 4.98 Å². The van der Waals surface area contributed by atoms with Gasteiger partial charge in [0.2, 0.25) is 5.89 Å². The molecule has 0 amide bonds. The zero-order chi connectivity index (χ0) is 14.5. The molecule has 3 nitrogen and oxygen atoms in total. The van der Waals surface area contributed by atoms with Crippen LogP contribution in [0.2, 0.25) is 0 Å². The van der Waals surface area contributed by atoms with Crippen LogP contribution in [0.4, 0.5) is 0 Å². The highest BCUT2D eigenvalue weighted by atomic mass is 16.3. The molecule has 0 fully saturated rings. The Bertz CT molecular complexity index is 1100. The van der Waals surface area contributed by atoms with E-state index in [4.69, 9.17) is 4.42 Å². The van der Waals surface area contributed by atoms with E-state index in [2.05, 4.69) is 40.3 Å². The molecule has 2 heterocycles. The van der Waals surface area contributed by atoms with Crippen molar-refractivity contribution in [1.82, 2.24) is 9.97 Å². The quantitative estimate of drug-likeness (QED) is 0.463. The molecule has 0 saturated carbocycles. The third-order valence-corrected chi connectivity index (χ3v) is 4.05. The fraction of sp³-hybridized carbons (Fsp3) is 0. The lowest BCUT2D eigenvalue weighted by Gasteiger charge is -1.96. The van der Waals surface area contributed by atoms with E-state index < -0.39 is 0 Å². The predicted molar refractivity (Wildman–Crippen MR) is 88.8 cm³/mol. The molecule has 0 atom stereocenters. The molecule has 104 valence electrons. The number of nitrogens with zero attached hydrogens (tertiary/aromatic N) is 1. The number of rotatable bonds is 1. The molecule has 0 aliphatic carbocycles. The zero-order valence-corrected chi connectivity index (χ0v) is 11.7. The first-order valence-corrected chi connectivity index (χ1v) is 7.25. The van der Waals surface area contributed by atoms with E-state index in [9.17, 15) is 0 Å². The summed E-state index contributed by atoms with van der Waals surface area (Å²) in [5.41, 5.74) is 4.97. The molecule has 3 aromatic carbocycles. The highest BCUT2D eigenvalue weighted by molar-refractivity contribution is 6.08. The summed E-state index contributed by atoms with van der Waals surface area (Å²) in [6, 6.07) is 22.4. The van der Waals surface area contributed by atoms with Crippen LogP contribution in [-0.4, -0.2) is 9.97 Å². The number of oxazole rings is 1. The minimum absolute atomic E-state index is 0.661. The minimum atomic E-state index is 0.661. The third kappa shape index (κ3) is 1.59. The Morgan fingerprint density at radius 2 is 1.59 bits per heavy atom. The number of hydrogen-bond acceptors (Lipinski definition) is 2. The van der Waals surface area contributed by atoms with Gasteiger partial charge in [0.05, 0.1) is 0 Å². The molecule has 1 N–H and O–H groups in total. The van der Waals surface area contributed by atoms with E-state index in [1.54, 1.807) is 0 Å². The summed E-state index contributed by atoms with van der Waals surface area (Å²) >= 11 is 0. The first-order valence-electron chi connectivity index (χ1n) is 7.25. The molecule has 22 heavy (non-hydrogen) atoms. The van der Waals surface area contributed by atoms with Crippen LogP contribution in [0.25, 0.3) is 44.4 Å². The van der Waals surface area contributed by atoms with Gasteiger partial charge in [-0.1, -0.05) is 30.3 Å². The lowest BCUT2D eigenvalue weighted by atomic mass is 10.1. The van der Waals surface area contributed by atoms with Crippen molar-refractivity contribution < 1.29 is 4.42 Å². The Hall–Kier alpha value is -3.07. The first-order chi connectivity index (χ1) is 10.9. The van der Waals surface area contributed by atoms with E-state index in [-0.39, 0.29) is 0 Å². The average Bonchev–Trinajstić information content (AvgIpc) is 3.15. The van der Waals surface area contributed by atoms with Crippen LogP contribution in [-0.2, 0) is 0 Å². The first kappa shape index (κ1) is 11.6. The molecule has 0 aliphatic heterocycles. The van der Waals surface area contributed by atoms with E-state index in [0.29, 0.717) is 5.89 Å². The Labute approximate surface area is 126 Å². The molecule has 5 rings (SSSR count). The van der Waals surface area contributed by atoms with Crippen LogP contribution in [0.15, 0.2) is 71.1 Å². The second kappa shape index (κ2) is 4.21. The third-order valence-electron chi connectivity index (χ3n) is 4.05. The maximum Gasteiger partial charge on any atom is 0.227 e. The zero-order valence-electron chi connectivity index (χ0n) is 11.7. The smallest absolute Gasteiger partial charge is 0.227 e. The Morgan fingerprint density at radius 3 is 2.55 bits per heavy atom. The van der Waals surface area contributed by atoms with Crippen molar-refractivity contribution in [3.8, 4) is 11.5 Å². The molecule has 5 aromatic rings. The minimum Gasteiger partial charge on any atom is -0.436 e. The van der Waals surface area contributed by atoms with Crippen molar-refractivity contribution in [3.63, 3.8) is 0 Å². The molecule has 0 aliphatic rings. The monoisotopic (exact) mass is 284 g/mol. The van der Waals surface area contributed by atoms with Crippen LogP contribution < -0.4 is 0 Å². The molecule has 0 unspecified atom stereocenters. The van der Waals surface area contributed by atoms with Crippen molar-refractivity contribution in [2.45, 2.75) is 0 Å². The summed E-state index contributed by atoms with van der Waals surface area (Å²) in [5.74, 6) is 0.661. The molecule has 3 heteroatoms. The molecular formula is C19H12N2O. The highest BCUT2D eigenvalue weighted by Gasteiger charge is 2.10. The van der Waals surface area contributed by atoms with Gasteiger partial charge in [0.1, 0.15) is 5.52 Å². The van der Waals surface area contributed by atoms with Gasteiger partial charge in [-0.2, -0.15) is 0 Å². The van der Waals surface area contributed by atoms with Crippen LogP contribution in [0, 0.1) is 0 Å². The van der Waals surface area contributed by atoms with Crippen molar-refractivity contribution in [2.24, 2.45) is 0 Å². The average molecular weight is 284 g/mol. The maximum absolute atomic E-state index is 5.87. The number of hydrogen-bond donors (Lipinski definition) is 1. The summed E-state index contributed by atoms with van der Waals surface area (Å²) in [5, 5.41) is 2.41. The highest BCUT2D eigenvalue weighted by Crippen LogP contribution is 2.30. The fourth-order valence-corrected chi connectivity index (χ4v) is 2.98. The Morgan fingerprint density at radius 1 is 0.773 bits per heavy atom. The van der Waals surface area contributed by atoms with E-state index in [0.717, 1.165) is 27.7 Å². The number of aromatic nitrogens is 2. The number of aromatic amines is 1. The van der Waals surface area contributed by atoms with E-state index >= 15 is 0 Å². The number of benzene rings is 3. The van der Waals surface area contributed by atoms with Gasteiger partial charge in [-0.05, 0) is 36.4 Å². The van der Waals surface area contributed by atoms with Gasteiger partial charge >= 0.3 is 0 Å². The van der Waals surface area contributed by atoms with Crippen molar-refractivity contribution in [3.05, 3.63) is 66.7 Å². The van der Waals surface area contributed by atoms with Crippen molar-refractivity contribution >= 4 is 32.9 Å². The topological polar surface area (TPSA) is 41.8 Å². The standard InChI is InChI=1S/C19H12N2O/c1-2-6-15-13(5-1)14-11-12(9-10-16(14)20-15)19-21-17-7-3-4-8-18(17)22-19/h1-11,20H. The lowest BCUT2D eigenvalue weighted by Crippen LogP contribution is -1.77. The molecule has 0 saturated heterocycles. The fourth-order valence-electron chi connectivity index (χ4n) is 2.98. The van der Waals surface area contributed by atoms with Crippen LogP contribution in [0.1, 0.15) is 0 Å². The van der Waals surface area contributed by atoms with Gasteiger partial charge in [-0.3, -0.25) is 0 Å². The van der Waals surface area contributed by atoms with E-state index in [1.165, 1.54) is 10.8 Å². The van der Waals surface area contributed by atoms with Crippen LogP contribution in [0.3, 0.4) is 0 Å². The Balaban J connectivity index is 1.78. The van der Waals surface area contributed by atoms with Gasteiger partial charge in [-0.15, -0.1) is 0 Å². The summed E-state index contributed by atoms with van der Waals surface area (Å²) in [6.07, 6.45) is 0.